The molecule has 5 heteroatoms. The highest BCUT2D eigenvalue weighted by Gasteiger charge is 2.08. The number of ether oxygens (including phenoxy) is 1. The Balaban J connectivity index is 2.85. The van der Waals surface area contributed by atoms with Crippen molar-refractivity contribution in [1.29, 1.82) is 0 Å². The normalized spacial score (nSPS) is 9.40. The Kier molecular flexibility index (Phi) is 2.61. The van der Waals surface area contributed by atoms with E-state index in [9.17, 15) is 4.79 Å². The number of aromatic nitrogens is 1. The van der Waals surface area contributed by atoms with Crippen LogP contribution in [0.1, 0.15) is 9.80 Å². The fourth-order valence-corrected chi connectivity index (χ4v) is 1.81. The topological polar surface area (TPSA) is 39.2 Å². The first-order valence-electron chi connectivity index (χ1n) is 2.43. The summed E-state index contributed by atoms with van der Waals surface area (Å²) in [7, 11) is 1.34. The number of hydrogen-bond donors (Lipinski definition) is 0. The van der Waals surface area contributed by atoms with Crippen LogP contribution >= 0.6 is 33.9 Å². The zero-order valence-corrected chi connectivity index (χ0v) is 8.10. The second-order valence-electron chi connectivity index (χ2n) is 1.47. The fourth-order valence-electron chi connectivity index (χ4n) is 0.435. The predicted octanol–water partition coefficient (Wildman–Crippen LogP) is 1.53. The molecule has 0 N–H and O–H groups in total. The molecule has 0 unspecified atom stereocenters. The van der Waals surface area contributed by atoms with E-state index in [4.69, 9.17) is 0 Å². The Labute approximate surface area is 75.6 Å². The first-order valence-corrected chi connectivity index (χ1v) is 4.39. The van der Waals surface area contributed by atoms with Crippen LogP contribution in [0.15, 0.2) is 5.38 Å². The molecule has 0 aromatic carbocycles. The molecule has 1 rings (SSSR count). The summed E-state index contributed by atoms with van der Waals surface area (Å²) in [4.78, 5) is 14.7. The zero-order chi connectivity index (χ0) is 7.56. The van der Waals surface area contributed by atoms with E-state index in [1.165, 1.54) is 18.4 Å². The molecule has 1 heterocycles. The van der Waals surface area contributed by atoms with Gasteiger partial charge in [0, 0.05) is 5.38 Å². The molecule has 1 aromatic heterocycles. The number of hydrogen-bond acceptors (Lipinski definition) is 4. The maximum Gasteiger partial charge on any atom is 0.367 e. The molecular formula is C5H4INO2S. The van der Waals surface area contributed by atoms with Gasteiger partial charge in [0.15, 0.2) is 0 Å². The lowest BCUT2D eigenvalue weighted by atomic mass is 10.7. The lowest BCUT2D eigenvalue weighted by Gasteiger charge is -1.89. The van der Waals surface area contributed by atoms with Crippen LogP contribution in [-0.2, 0) is 4.74 Å². The van der Waals surface area contributed by atoms with Gasteiger partial charge >= 0.3 is 5.97 Å². The standard InChI is InChI=1S/C5H4INO2S/c1-9-5(8)4-7-3(6)2-10-4/h2H,1H3. The van der Waals surface area contributed by atoms with Crippen LogP contribution in [0.4, 0.5) is 0 Å². The Hall–Kier alpha value is -0.170. The van der Waals surface area contributed by atoms with Gasteiger partial charge in [0.25, 0.3) is 0 Å². The van der Waals surface area contributed by atoms with Gasteiger partial charge in [-0.3, -0.25) is 0 Å². The summed E-state index contributed by atoms with van der Waals surface area (Å²) in [5.41, 5.74) is 0. The summed E-state index contributed by atoms with van der Waals surface area (Å²) in [6, 6.07) is 0. The molecule has 0 saturated carbocycles. The summed E-state index contributed by atoms with van der Waals surface area (Å²) in [6.07, 6.45) is 0. The molecule has 3 nitrogen and oxygen atoms in total. The average molecular weight is 269 g/mol. The summed E-state index contributed by atoms with van der Waals surface area (Å²) >= 11 is 3.33. The Morgan fingerprint density at radius 2 is 2.60 bits per heavy atom. The highest BCUT2D eigenvalue weighted by Crippen LogP contribution is 2.11. The minimum Gasteiger partial charge on any atom is -0.464 e. The van der Waals surface area contributed by atoms with Crippen molar-refractivity contribution in [3.05, 3.63) is 14.1 Å². The maximum atomic E-state index is 10.7. The van der Waals surface area contributed by atoms with Crippen LogP contribution in [0.25, 0.3) is 0 Å². The lowest BCUT2D eigenvalue weighted by Crippen LogP contribution is -1.99. The van der Waals surface area contributed by atoms with Gasteiger partial charge in [-0.25, -0.2) is 9.78 Å². The number of carbonyl (C=O) groups is 1. The molecule has 0 bridgehead atoms. The van der Waals surface area contributed by atoms with Crippen LogP contribution in [0.2, 0.25) is 0 Å². The Morgan fingerprint density at radius 3 is 3.00 bits per heavy atom. The number of rotatable bonds is 1. The Morgan fingerprint density at radius 1 is 1.90 bits per heavy atom. The van der Waals surface area contributed by atoms with Crippen molar-refractivity contribution in [2.45, 2.75) is 0 Å². The highest BCUT2D eigenvalue weighted by atomic mass is 127. The number of halogens is 1. The van der Waals surface area contributed by atoms with Crippen LogP contribution in [0.3, 0.4) is 0 Å². The van der Waals surface area contributed by atoms with E-state index in [2.05, 4.69) is 9.72 Å². The smallest absolute Gasteiger partial charge is 0.367 e. The summed E-state index contributed by atoms with van der Waals surface area (Å²) in [6.45, 7) is 0. The highest BCUT2D eigenvalue weighted by molar-refractivity contribution is 14.1. The largest absolute Gasteiger partial charge is 0.464 e. The van der Waals surface area contributed by atoms with E-state index in [1.54, 1.807) is 5.38 Å². The van der Waals surface area contributed by atoms with Crippen LogP contribution < -0.4 is 0 Å². The second-order valence-corrected chi connectivity index (χ2v) is 3.43. The van der Waals surface area contributed by atoms with Crippen molar-refractivity contribution in [2.24, 2.45) is 0 Å². The van der Waals surface area contributed by atoms with Crippen molar-refractivity contribution < 1.29 is 9.53 Å². The van der Waals surface area contributed by atoms with Gasteiger partial charge in [-0.1, -0.05) is 0 Å². The SMILES string of the molecule is COC(=O)c1nc(I)cs1. The number of carbonyl (C=O) groups excluding carboxylic acids is 1. The van der Waals surface area contributed by atoms with Crippen molar-refractivity contribution in [1.82, 2.24) is 4.98 Å². The molecule has 54 valence electrons. The molecule has 0 spiro atoms. The van der Waals surface area contributed by atoms with Gasteiger partial charge < -0.3 is 4.74 Å². The maximum absolute atomic E-state index is 10.7. The molecule has 0 aliphatic rings. The van der Waals surface area contributed by atoms with E-state index >= 15 is 0 Å². The third kappa shape index (κ3) is 1.66. The third-order valence-electron chi connectivity index (χ3n) is 0.836. The molecule has 0 fully saturated rings. The van der Waals surface area contributed by atoms with Gasteiger partial charge in [-0.05, 0) is 22.6 Å². The van der Waals surface area contributed by atoms with E-state index in [0.29, 0.717) is 5.01 Å². The van der Waals surface area contributed by atoms with Crippen molar-refractivity contribution in [3.8, 4) is 0 Å². The predicted molar refractivity (Wildman–Crippen MR) is 46.2 cm³/mol. The Bertz CT molecular complexity index is 248. The number of nitrogens with zero attached hydrogens (tertiary/aromatic N) is 1. The molecule has 10 heavy (non-hydrogen) atoms. The van der Waals surface area contributed by atoms with Gasteiger partial charge in [0.1, 0.15) is 3.70 Å². The van der Waals surface area contributed by atoms with Crippen LogP contribution in [-0.4, -0.2) is 18.1 Å². The number of esters is 1. The lowest BCUT2D eigenvalue weighted by molar-refractivity contribution is 0.0600. The van der Waals surface area contributed by atoms with Gasteiger partial charge in [0.05, 0.1) is 7.11 Å². The summed E-state index contributed by atoms with van der Waals surface area (Å²) < 4.78 is 5.28. The molecular weight excluding hydrogens is 265 g/mol. The first-order chi connectivity index (χ1) is 4.74. The third-order valence-corrected chi connectivity index (χ3v) is 2.63. The fraction of sp³-hybridized carbons (Fsp3) is 0.200. The molecule has 0 radical (unpaired) electrons. The molecule has 0 amide bonds. The average Bonchev–Trinajstić information content (AvgIpc) is 2.34. The minimum atomic E-state index is -0.368. The quantitative estimate of drug-likeness (QED) is 0.573. The zero-order valence-electron chi connectivity index (χ0n) is 5.13. The molecule has 0 saturated heterocycles. The van der Waals surface area contributed by atoms with Gasteiger partial charge in [0.2, 0.25) is 5.01 Å². The van der Waals surface area contributed by atoms with E-state index in [-0.39, 0.29) is 5.97 Å². The molecule has 0 aliphatic carbocycles. The summed E-state index contributed by atoms with van der Waals surface area (Å²) in [5, 5.41) is 2.21. The molecule has 1 aromatic rings. The van der Waals surface area contributed by atoms with Crippen molar-refractivity contribution in [2.75, 3.05) is 7.11 Å². The van der Waals surface area contributed by atoms with Gasteiger partial charge in [-0.15, -0.1) is 11.3 Å². The van der Waals surface area contributed by atoms with E-state index < -0.39 is 0 Å². The van der Waals surface area contributed by atoms with E-state index in [1.807, 2.05) is 22.6 Å². The van der Waals surface area contributed by atoms with Crippen molar-refractivity contribution >= 4 is 39.9 Å². The first kappa shape index (κ1) is 7.93. The van der Waals surface area contributed by atoms with Crippen LogP contribution in [0.5, 0.6) is 0 Å². The van der Waals surface area contributed by atoms with Crippen molar-refractivity contribution in [3.63, 3.8) is 0 Å². The van der Waals surface area contributed by atoms with E-state index in [0.717, 1.165) is 3.70 Å². The molecule has 0 atom stereocenters. The van der Waals surface area contributed by atoms with Crippen LogP contribution in [0, 0.1) is 3.70 Å². The monoisotopic (exact) mass is 269 g/mol. The second kappa shape index (κ2) is 3.29. The summed E-state index contributed by atoms with van der Waals surface area (Å²) in [5.74, 6) is -0.368. The minimum absolute atomic E-state index is 0.368. The molecule has 0 aliphatic heterocycles. The van der Waals surface area contributed by atoms with Gasteiger partial charge in [-0.2, -0.15) is 0 Å². The number of thiazole rings is 1. The number of methoxy groups -OCH3 is 1.